The molecule has 0 saturated carbocycles. The quantitative estimate of drug-likeness (QED) is 0.838. The second-order valence-corrected chi connectivity index (χ2v) is 6.63. The zero-order valence-corrected chi connectivity index (χ0v) is 14.8. The lowest BCUT2D eigenvalue weighted by molar-refractivity contribution is -0.131. The summed E-state index contributed by atoms with van der Waals surface area (Å²) in [6, 6.07) is 8.34. The fourth-order valence-electron chi connectivity index (χ4n) is 2.87. The Labute approximate surface area is 140 Å². The molecule has 2 rings (SSSR count). The minimum atomic E-state index is -0.413. The van der Waals surface area contributed by atoms with Gasteiger partial charge in [0.1, 0.15) is 6.10 Å². The Morgan fingerprint density at radius 3 is 2.82 bits per heavy atom. The minimum Gasteiger partial charge on any atom is -0.381 e. The van der Waals surface area contributed by atoms with Crippen LogP contribution >= 0.6 is 15.9 Å². The molecule has 1 aliphatic heterocycles. The van der Waals surface area contributed by atoms with Crippen molar-refractivity contribution < 1.29 is 14.3 Å². The van der Waals surface area contributed by atoms with Gasteiger partial charge >= 0.3 is 0 Å². The molecule has 0 aromatic heterocycles. The lowest BCUT2D eigenvalue weighted by atomic mass is 9.74. The predicted molar refractivity (Wildman–Crippen MR) is 90.0 cm³/mol. The lowest BCUT2D eigenvalue weighted by Crippen LogP contribution is -2.47. The number of carbonyl (C=O) groups is 1. The molecule has 4 nitrogen and oxygen atoms in total. The third-order valence-corrected chi connectivity index (χ3v) is 4.77. The molecular weight excluding hydrogens is 346 g/mol. The van der Waals surface area contributed by atoms with Crippen molar-refractivity contribution >= 4 is 21.8 Å². The van der Waals surface area contributed by atoms with Crippen LogP contribution in [0.5, 0.6) is 0 Å². The van der Waals surface area contributed by atoms with Gasteiger partial charge in [0, 0.05) is 36.3 Å². The maximum atomic E-state index is 12.1. The molecule has 1 aromatic rings. The SMILES string of the molecule is CCO[C@@H](C)C(=O)NCC1(c2cccc(Br)c2)CCOCC1. The molecule has 5 heteroatoms. The molecular formula is C17H24BrNO3. The highest BCUT2D eigenvalue weighted by Gasteiger charge is 2.35. The van der Waals surface area contributed by atoms with Crippen LogP contribution in [0, 0.1) is 0 Å². The van der Waals surface area contributed by atoms with Gasteiger partial charge in [-0.05, 0) is 44.4 Å². The molecule has 0 radical (unpaired) electrons. The first kappa shape index (κ1) is 17.4. The number of carbonyl (C=O) groups excluding carboxylic acids is 1. The summed E-state index contributed by atoms with van der Waals surface area (Å²) in [5, 5.41) is 3.06. The van der Waals surface area contributed by atoms with Gasteiger partial charge in [-0.1, -0.05) is 28.1 Å². The summed E-state index contributed by atoms with van der Waals surface area (Å²) in [4.78, 5) is 12.1. The molecule has 0 bridgehead atoms. The number of nitrogens with one attached hydrogen (secondary N) is 1. The van der Waals surface area contributed by atoms with Gasteiger partial charge in [-0.15, -0.1) is 0 Å². The van der Waals surface area contributed by atoms with Crippen molar-refractivity contribution in [2.45, 2.75) is 38.2 Å². The van der Waals surface area contributed by atoms with Crippen LogP contribution in [-0.2, 0) is 19.7 Å². The molecule has 0 spiro atoms. The summed E-state index contributed by atoms with van der Waals surface area (Å²) in [5.41, 5.74) is 1.18. The molecule has 1 aliphatic rings. The maximum Gasteiger partial charge on any atom is 0.248 e. The third-order valence-electron chi connectivity index (χ3n) is 4.27. The van der Waals surface area contributed by atoms with Crippen molar-refractivity contribution in [1.29, 1.82) is 0 Å². The molecule has 1 aromatic carbocycles. The summed E-state index contributed by atoms with van der Waals surface area (Å²) in [6.07, 6.45) is 1.41. The first-order valence-corrected chi connectivity index (χ1v) is 8.60. The van der Waals surface area contributed by atoms with Crippen molar-refractivity contribution in [2.24, 2.45) is 0 Å². The Balaban J connectivity index is 2.11. The summed E-state index contributed by atoms with van der Waals surface area (Å²) in [5.74, 6) is -0.0530. The van der Waals surface area contributed by atoms with E-state index in [0.29, 0.717) is 13.2 Å². The Morgan fingerprint density at radius 2 is 2.18 bits per heavy atom. The second kappa shape index (κ2) is 8.09. The lowest BCUT2D eigenvalue weighted by Gasteiger charge is -2.38. The highest BCUT2D eigenvalue weighted by Crippen LogP contribution is 2.35. The van der Waals surface area contributed by atoms with E-state index in [4.69, 9.17) is 9.47 Å². The zero-order chi connectivity index (χ0) is 16.0. The van der Waals surface area contributed by atoms with E-state index in [1.165, 1.54) is 5.56 Å². The number of hydrogen-bond donors (Lipinski definition) is 1. The summed E-state index contributed by atoms with van der Waals surface area (Å²) in [7, 11) is 0. The second-order valence-electron chi connectivity index (χ2n) is 5.72. The summed E-state index contributed by atoms with van der Waals surface area (Å²) >= 11 is 3.54. The molecule has 1 heterocycles. The standard InChI is InChI=1S/C17H24BrNO3/c1-3-22-13(2)16(20)19-12-17(7-9-21-10-8-17)14-5-4-6-15(18)11-14/h4-6,11,13H,3,7-10,12H2,1-2H3,(H,19,20)/t13-/m0/s1. The largest absolute Gasteiger partial charge is 0.381 e. The molecule has 1 amide bonds. The molecule has 1 atom stereocenters. The van der Waals surface area contributed by atoms with E-state index >= 15 is 0 Å². The predicted octanol–water partition coefficient (Wildman–Crippen LogP) is 3.04. The van der Waals surface area contributed by atoms with Crippen LogP contribution in [0.3, 0.4) is 0 Å². The van der Waals surface area contributed by atoms with Crippen LogP contribution in [0.15, 0.2) is 28.7 Å². The molecule has 1 saturated heterocycles. The highest BCUT2D eigenvalue weighted by atomic mass is 79.9. The maximum absolute atomic E-state index is 12.1. The van der Waals surface area contributed by atoms with Gasteiger partial charge in [-0.25, -0.2) is 0 Å². The van der Waals surface area contributed by atoms with E-state index in [2.05, 4.69) is 33.4 Å². The fourth-order valence-corrected chi connectivity index (χ4v) is 3.27. The van der Waals surface area contributed by atoms with Crippen molar-refractivity contribution in [3.05, 3.63) is 34.3 Å². The van der Waals surface area contributed by atoms with E-state index in [0.717, 1.165) is 30.5 Å². The van der Waals surface area contributed by atoms with Crippen molar-refractivity contribution in [3.63, 3.8) is 0 Å². The molecule has 1 fully saturated rings. The molecule has 1 N–H and O–H groups in total. The van der Waals surface area contributed by atoms with E-state index in [1.54, 1.807) is 6.92 Å². The highest BCUT2D eigenvalue weighted by molar-refractivity contribution is 9.10. The van der Waals surface area contributed by atoms with Gasteiger partial charge in [0.2, 0.25) is 5.91 Å². The van der Waals surface area contributed by atoms with Gasteiger partial charge in [-0.3, -0.25) is 4.79 Å². The van der Waals surface area contributed by atoms with E-state index in [9.17, 15) is 4.79 Å². The Bertz CT molecular complexity index is 500. The minimum absolute atomic E-state index is 0.0530. The van der Waals surface area contributed by atoms with E-state index in [1.807, 2.05) is 19.1 Å². The van der Waals surface area contributed by atoms with Crippen LogP contribution in [0.2, 0.25) is 0 Å². The number of ether oxygens (including phenoxy) is 2. The van der Waals surface area contributed by atoms with Gasteiger partial charge < -0.3 is 14.8 Å². The average Bonchev–Trinajstić information content (AvgIpc) is 2.53. The fraction of sp³-hybridized carbons (Fsp3) is 0.588. The zero-order valence-electron chi connectivity index (χ0n) is 13.2. The average molecular weight is 370 g/mol. The van der Waals surface area contributed by atoms with Crippen LogP contribution in [-0.4, -0.2) is 38.4 Å². The Hall–Kier alpha value is -0.910. The van der Waals surface area contributed by atoms with Crippen LogP contribution < -0.4 is 5.32 Å². The van der Waals surface area contributed by atoms with E-state index in [-0.39, 0.29) is 11.3 Å². The molecule has 0 aliphatic carbocycles. The topological polar surface area (TPSA) is 47.6 Å². The van der Waals surface area contributed by atoms with E-state index < -0.39 is 6.10 Å². The number of amides is 1. The van der Waals surface area contributed by atoms with Crippen molar-refractivity contribution in [1.82, 2.24) is 5.32 Å². The molecule has 22 heavy (non-hydrogen) atoms. The van der Waals surface area contributed by atoms with Crippen molar-refractivity contribution in [2.75, 3.05) is 26.4 Å². The smallest absolute Gasteiger partial charge is 0.248 e. The number of hydrogen-bond acceptors (Lipinski definition) is 3. The summed E-state index contributed by atoms with van der Waals surface area (Å²) < 4.78 is 11.9. The Kier molecular flexibility index (Phi) is 6.41. The normalized spacial score (nSPS) is 18.7. The third kappa shape index (κ3) is 4.31. The number of rotatable bonds is 6. The van der Waals surface area contributed by atoms with Crippen molar-refractivity contribution in [3.8, 4) is 0 Å². The molecule has 122 valence electrons. The first-order chi connectivity index (χ1) is 10.6. The van der Waals surface area contributed by atoms with Crippen LogP contribution in [0.1, 0.15) is 32.3 Å². The van der Waals surface area contributed by atoms with Gasteiger partial charge in [0.15, 0.2) is 0 Å². The number of halogens is 1. The van der Waals surface area contributed by atoms with Crippen LogP contribution in [0.25, 0.3) is 0 Å². The first-order valence-electron chi connectivity index (χ1n) is 7.80. The van der Waals surface area contributed by atoms with Gasteiger partial charge in [0.05, 0.1) is 0 Å². The van der Waals surface area contributed by atoms with Crippen LogP contribution in [0.4, 0.5) is 0 Å². The number of benzene rings is 1. The monoisotopic (exact) mass is 369 g/mol. The Morgan fingerprint density at radius 1 is 1.45 bits per heavy atom. The van der Waals surface area contributed by atoms with Gasteiger partial charge in [0.25, 0.3) is 0 Å². The molecule has 0 unspecified atom stereocenters. The van der Waals surface area contributed by atoms with Gasteiger partial charge in [-0.2, -0.15) is 0 Å². The summed E-state index contributed by atoms with van der Waals surface area (Å²) in [6.45, 7) is 6.29.